The number of benzene rings is 1. The van der Waals surface area contributed by atoms with E-state index in [4.69, 9.17) is 11.6 Å². The number of allylic oxidation sites excluding steroid dienone is 2. The molecule has 2 amide bonds. The molecule has 4 atom stereocenters. The van der Waals surface area contributed by atoms with E-state index in [1.807, 2.05) is 12.2 Å². The average Bonchev–Trinajstić information content (AvgIpc) is 3.14. The van der Waals surface area contributed by atoms with Gasteiger partial charge in [0.25, 0.3) is 5.69 Å². The van der Waals surface area contributed by atoms with Crippen molar-refractivity contribution in [2.24, 2.45) is 23.7 Å². The lowest BCUT2D eigenvalue weighted by Gasteiger charge is -2.18. The Morgan fingerprint density at radius 3 is 2.27 bits per heavy atom. The van der Waals surface area contributed by atoms with Crippen molar-refractivity contribution in [2.45, 2.75) is 6.42 Å². The van der Waals surface area contributed by atoms with E-state index in [1.165, 1.54) is 18.2 Å². The highest BCUT2D eigenvalue weighted by atomic mass is 35.5. The molecule has 1 aromatic carbocycles. The summed E-state index contributed by atoms with van der Waals surface area (Å²) in [5.41, 5.74) is -0.0853. The number of halogens is 1. The van der Waals surface area contributed by atoms with Gasteiger partial charge in [0.1, 0.15) is 0 Å². The number of nitro benzene ring substituents is 1. The van der Waals surface area contributed by atoms with Crippen LogP contribution >= 0.6 is 11.6 Å². The number of hydrogen-bond acceptors (Lipinski definition) is 4. The predicted octanol–water partition coefficient (Wildman–Crippen LogP) is 2.56. The van der Waals surface area contributed by atoms with Crippen LogP contribution in [-0.4, -0.2) is 16.7 Å². The molecule has 1 saturated heterocycles. The fraction of sp³-hybridized carbons (Fsp3) is 0.333. The van der Waals surface area contributed by atoms with Crippen LogP contribution in [-0.2, 0) is 9.59 Å². The molecule has 6 nitrogen and oxygen atoms in total. The monoisotopic (exact) mass is 318 g/mol. The number of fused-ring (bicyclic) bond motifs is 5. The summed E-state index contributed by atoms with van der Waals surface area (Å²) < 4.78 is 0. The van der Waals surface area contributed by atoms with Crippen molar-refractivity contribution in [1.29, 1.82) is 0 Å². The second kappa shape index (κ2) is 4.39. The van der Waals surface area contributed by atoms with E-state index in [2.05, 4.69) is 0 Å². The quantitative estimate of drug-likeness (QED) is 0.363. The summed E-state index contributed by atoms with van der Waals surface area (Å²) in [6.07, 6.45) is 4.83. The Balaban J connectivity index is 1.79. The molecule has 1 aromatic rings. The van der Waals surface area contributed by atoms with Gasteiger partial charge in [-0.2, -0.15) is 0 Å². The molecule has 22 heavy (non-hydrogen) atoms. The van der Waals surface area contributed by atoms with Crippen molar-refractivity contribution in [2.75, 3.05) is 4.90 Å². The SMILES string of the molecule is O=C1[C@@H]2[C@H](C(=O)N1c1cc([N+](=O)[O-])ccc1Cl)[C@H]1C=C[C@H]2C1. The first-order valence-corrected chi connectivity index (χ1v) is 7.37. The topological polar surface area (TPSA) is 80.5 Å². The van der Waals surface area contributed by atoms with Gasteiger partial charge in [-0.05, 0) is 24.3 Å². The van der Waals surface area contributed by atoms with Crippen molar-refractivity contribution in [3.05, 3.63) is 45.5 Å². The smallest absolute Gasteiger partial charge is 0.271 e. The molecule has 0 unspecified atom stereocenters. The van der Waals surface area contributed by atoms with Gasteiger partial charge in [-0.3, -0.25) is 19.7 Å². The molecule has 0 N–H and O–H groups in total. The number of non-ortho nitro benzene ring substituents is 1. The van der Waals surface area contributed by atoms with Crippen LogP contribution in [0, 0.1) is 33.8 Å². The lowest BCUT2D eigenvalue weighted by molar-refractivity contribution is -0.384. The van der Waals surface area contributed by atoms with Gasteiger partial charge in [0.2, 0.25) is 11.8 Å². The molecule has 1 aliphatic heterocycles. The maximum Gasteiger partial charge on any atom is 0.271 e. The highest BCUT2D eigenvalue weighted by Gasteiger charge is 2.59. The number of carbonyl (C=O) groups is 2. The Hall–Kier alpha value is -2.21. The zero-order valence-corrected chi connectivity index (χ0v) is 12.1. The molecule has 112 valence electrons. The third-order valence-electron chi connectivity index (χ3n) is 4.85. The molecular weight excluding hydrogens is 308 g/mol. The fourth-order valence-electron chi connectivity index (χ4n) is 3.93. The Morgan fingerprint density at radius 1 is 1.14 bits per heavy atom. The van der Waals surface area contributed by atoms with Crippen LogP contribution in [0.5, 0.6) is 0 Å². The van der Waals surface area contributed by atoms with Gasteiger partial charge >= 0.3 is 0 Å². The van der Waals surface area contributed by atoms with Crippen LogP contribution in [0.3, 0.4) is 0 Å². The Morgan fingerprint density at radius 2 is 1.73 bits per heavy atom. The molecule has 1 saturated carbocycles. The lowest BCUT2D eigenvalue weighted by Crippen LogP contribution is -2.33. The number of nitro groups is 1. The van der Waals surface area contributed by atoms with E-state index in [1.54, 1.807) is 0 Å². The first kappa shape index (κ1) is 13.5. The van der Waals surface area contributed by atoms with Crippen molar-refractivity contribution in [1.82, 2.24) is 0 Å². The van der Waals surface area contributed by atoms with E-state index in [-0.39, 0.29) is 51.9 Å². The Bertz CT molecular complexity index is 730. The summed E-state index contributed by atoms with van der Waals surface area (Å²) in [7, 11) is 0. The summed E-state index contributed by atoms with van der Waals surface area (Å²) >= 11 is 6.07. The van der Waals surface area contributed by atoms with Crippen LogP contribution < -0.4 is 4.90 Å². The zero-order chi connectivity index (χ0) is 15.6. The van der Waals surface area contributed by atoms with Gasteiger partial charge in [0.05, 0.1) is 27.5 Å². The largest absolute Gasteiger partial charge is 0.274 e. The van der Waals surface area contributed by atoms with Gasteiger partial charge < -0.3 is 0 Å². The summed E-state index contributed by atoms with van der Waals surface area (Å²) in [4.78, 5) is 36.7. The predicted molar refractivity (Wildman–Crippen MR) is 78.3 cm³/mol. The molecule has 0 aromatic heterocycles. The zero-order valence-electron chi connectivity index (χ0n) is 11.3. The standard InChI is InChI=1S/C15H11ClN2O4/c16-10-4-3-9(18(21)22)6-11(10)17-14(19)12-7-1-2-8(5-7)13(12)15(17)20/h1-4,6-8,12-13H,5H2/t7-,8-,12-,13+/m0/s1. The molecule has 2 aliphatic carbocycles. The van der Waals surface area contributed by atoms with Crippen molar-refractivity contribution in [3.63, 3.8) is 0 Å². The van der Waals surface area contributed by atoms with E-state index in [0.29, 0.717) is 0 Å². The molecular formula is C15H11ClN2O4. The minimum atomic E-state index is -0.572. The van der Waals surface area contributed by atoms with Gasteiger partial charge in [-0.1, -0.05) is 23.8 Å². The molecule has 0 spiro atoms. The number of nitrogens with zero attached hydrogens (tertiary/aromatic N) is 2. The minimum Gasteiger partial charge on any atom is -0.274 e. The van der Waals surface area contributed by atoms with E-state index < -0.39 is 4.92 Å². The van der Waals surface area contributed by atoms with Crippen LogP contribution in [0.4, 0.5) is 11.4 Å². The van der Waals surface area contributed by atoms with Crippen molar-refractivity contribution in [3.8, 4) is 0 Å². The third kappa shape index (κ3) is 1.61. The number of hydrogen-bond donors (Lipinski definition) is 0. The molecule has 0 radical (unpaired) electrons. The lowest BCUT2D eigenvalue weighted by atomic mass is 9.85. The van der Waals surface area contributed by atoms with Gasteiger partial charge in [0, 0.05) is 12.1 Å². The maximum absolute atomic E-state index is 12.7. The van der Waals surface area contributed by atoms with E-state index in [9.17, 15) is 19.7 Å². The number of anilines is 1. The van der Waals surface area contributed by atoms with E-state index in [0.717, 1.165) is 11.3 Å². The molecule has 4 rings (SSSR count). The average molecular weight is 319 g/mol. The summed E-state index contributed by atoms with van der Waals surface area (Å²) in [6.45, 7) is 0. The van der Waals surface area contributed by atoms with Crippen LogP contribution in [0.15, 0.2) is 30.4 Å². The molecule has 2 fully saturated rings. The number of rotatable bonds is 2. The Labute approximate surface area is 130 Å². The van der Waals surface area contributed by atoms with Gasteiger partial charge in [-0.25, -0.2) is 4.90 Å². The molecule has 3 aliphatic rings. The number of imide groups is 1. The summed E-state index contributed by atoms with van der Waals surface area (Å²) in [6, 6.07) is 3.79. The second-order valence-corrected chi connectivity index (χ2v) is 6.31. The normalized spacial score (nSPS) is 32.0. The first-order chi connectivity index (χ1) is 10.5. The summed E-state index contributed by atoms with van der Waals surface area (Å²) in [5.74, 6) is -1.11. The van der Waals surface area contributed by atoms with Crippen LogP contribution in [0.1, 0.15) is 6.42 Å². The van der Waals surface area contributed by atoms with E-state index >= 15 is 0 Å². The summed E-state index contributed by atoms with van der Waals surface area (Å²) in [5, 5.41) is 11.1. The van der Waals surface area contributed by atoms with Crippen molar-refractivity contribution < 1.29 is 14.5 Å². The van der Waals surface area contributed by atoms with Crippen molar-refractivity contribution >= 4 is 34.8 Å². The van der Waals surface area contributed by atoms with Gasteiger partial charge in [-0.15, -0.1) is 0 Å². The maximum atomic E-state index is 12.7. The minimum absolute atomic E-state index is 0.0916. The fourth-order valence-corrected chi connectivity index (χ4v) is 4.13. The van der Waals surface area contributed by atoms with Crippen LogP contribution in [0.25, 0.3) is 0 Å². The number of amides is 2. The third-order valence-corrected chi connectivity index (χ3v) is 5.17. The molecule has 2 bridgehead atoms. The highest BCUT2D eigenvalue weighted by molar-refractivity contribution is 6.36. The van der Waals surface area contributed by atoms with Gasteiger partial charge in [0.15, 0.2) is 0 Å². The van der Waals surface area contributed by atoms with Crippen LogP contribution in [0.2, 0.25) is 5.02 Å². The molecule has 7 heteroatoms. The molecule has 1 heterocycles. The second-order valence-electron chi connectivity index (χ2n) is 5.90. The highest BCUT2D eigenvalue weighted by Crippen LogP contribution is 2.53. The Kier molecular flexibility index (Phi) is 2.69. The first-order valence-electron chi connectivity index (χ1n) is 6.99. The number of carbonyl (C=O) groups excluding carboxylic acids is 2.